The maximum absolute atomic E-state index is 5.58. The first-order valence-corrected chi connectivity index (χ1v) is 10.0. The fraction of sp³-hybridized carbons (Fsp3) is 0.450. The number of thiophene rings is 1. The van der Waals surface area contributed by atoms with Crippen LogP contribution in [0.5, 0.6) is 11.5 Å². The lowest BCUT2D eigenvalue weighted by Gasteiger charge is -2.22. The third-order valence-corrected chi connectivity index (χ3v) is 4.96. The van der Waals surface area contributed by atoms with Gasteiger partial charge in [0, 0.05) is 23.2 Å². The molecule has 27 heavy (non-hydrogen) atoms. The Morgan fingerprint density at radius 2 is 2.04 bits per heavy atom. The number of likely N-dealkylation sites (N-methyl/N-ethyl adjacent to an activating group) is 1. The minimum Gasteiger partial charge on any atom is -0.493 e. The maximum Gasteiger partial charge on any atom is 0.195 e. The van der Waals surface area contributed by atoms with Gasteiger partial charge < -0.3 is 25.0 Å². The molecule has 6 nitrogen and oxygen atoms in total. The number of guanidine groups is 1. The molecule has 1 heterocycles. The van der Waals surface area contributed by atoms with Gasteiger partial charge >= 0.3 is 0 Å². The van der Waals surface area contributed by atoms with Crippen LogP contribution in [0, 0.1) is 0 Å². The third-order valence-electron chi connectivity index (χ3n) is 3.99. The quantitative estimate of drug-likeness (QED) is 0.503. The van der Waals surface area contributed by atoms with Crippen LogP contribution < -0.4 is 20.1 Å². The third kappa shape index (κ3) is 6.15. The number of benzene rings is 1. The lowest BCUT2D eigenvalue weighted by Crippen LogP contribution is -2.32. The van der Waals surface area contributed by atoms with Crippen molar-refractivity contribution < 1.29 is 9.47 Å². The van der Waals surface area contributed by atoms with Crippen molar-refractivity contribution in [2.75, 3.05) is 46.2 Å². The molecule has 0 spiro atoms. The number of nitrogens with zero attached hydrogens (tertiary/aromatic N) is 2. The van der Waals surface area contributed by atoms with Crippen LogP contribution in [-0.2, 0) is 0 Å². The van der Waals surface area contributed by atoms with Crippen LogP contribution in [0.2, 0.25) is 0 Å². The fourth-order valence-electron chi connectivity index (χ4n) is 2.63. The van der Waals surface area contributed by atoms with Crippen molar-refractivity contribution in [1.29, 1.82) is 0 Å². The molecule has 0 bridgehead atoms. The van der Waals surface area contributed by atoms with Crippen LogP contribution in [0.3, 0.4) is 0 Å². The Kier molecular flexibility index (Phi) is 8.42. The Morgan fingerprint density at radius 3 is 2.63 bits per heavy atom. The van der Waals surface area contributed by atoms with E-state index in [-0.39, 0.29) is 6.04 Å². The summed E-state index contributed by atoms with van der Waals surface area (Å²) in [5.74, 6) is 2.17. The molecular weight excluding hydrogens is 360 g/mol. The SMILES string of the molecule is CCNC(=NCC(c1cccs1)N(C)C)Nc1ccc(OCC)c(OC)c1. The van der Waals surface area contributed by atoms with Crippen molar-refractivity contribution in [2.24, 2.45) is 4.99 Å². The first kappa shape index (κ1) is 21.1. The van der Waals surface area contributed by atoms with Gasteiger partial charge in [-0.3, -0.25) is 4.99 Å². The molecule has 1 aromatic heterocycles. The van der Waals surface area contributed by atoms with Gasteiger partial charge in [-0.15, -0.1) is 11.3 Å². The Balaban J connectivity index is 2.15. The first-order chi connectivity index (χ1) is 13.1. The standard InChI is InChI=1S/C20H30N4O2S/c1-6-21-20(22-14-16(24(3)4)19-9-8-12-27-19)23-15-10-11-17(26-7-2)18(13-15)25-5/h8-13,16H,6-7,14H2,1-5H3,(H2,21,22,23). The van der Waals surface area contributed by atoms with Crippen LogP contribution in [0.15, 0.2) is 40.7 Å². The van der Waals surface area contributed by atoms with E-state index in [1.165, 1.54) is 4.88 Å². The van der Waals surface area contributed by atoms with E-state index in [9.17, 15) is 0 Å². The Morgan fingerprint density at radius 1 is 1.22 bits per heavy atom. The molecule has 0 radical (unpaired) electrons. The summed E-state index contributed by atoms with van der Waals surface area (Å²) in [5, 5.41) is 8.75. The van der Waals surface area contributed by atoms with E-state index in [0.717, 1.165) is 23.9 Å². The normalized spacial score (nSPS) is 12.7. The van der Waals surface area contributed by atoms with Crippen LogP contribution in [0.4, 0.5) is 5.69 Å². The largest absolute Gasteiger partial charge is 0.493 e. The van der Waals surface area contributed by atoms with Gasteiger partial charge in [0.15, 0.2) is 17.5 Å². The van der Waals surface area contributed by atoms with Gasteiger partial charge in [0.1, 0.15) is 0 Å². The van der Waals surface area contributed by atoms with Crippen LogP contribution >= 0.6 is 11.3 Å². The van der Waals surface area contributed by atoms with Gasteiger partial charge in [-0.2, -0.15) is 0 Å². The highest BCUT2D eigenvalue weighted by atomic mass is 32.1. The lowest BCUT2D eigenvalue weighted by atomic mass is 10.2. The van der Waals surface area contributed by atoms with Crippen molar-refractivity contribution in [3.8, 4) is 11.5 Å². The van der Waals surface area contributed by atoms with E-state index in [0.29, 0.717) is 18.9 Å². The number of aliphatic imine (C=N–C) groups is 1. The van der Waals surface area contributed by atoms with Crippen LogP contribution in [0.25, 0.3) is 0 Å². The Labute approximate surface area is 166 Å². The molecule has 0 aliphatic heterocycles. The highest BCUT2D eigenvalue weighted by molar-refractivity contribution is 7.10. The summed E-state index contributed by atoms with van der Waals surface area (Å²) < 4.78 is 11.0. The van der Waals surface area contributed by atoms with E-state index in [1.807, 2.05) is 25.1 Å². The van der Waals surface area contributed by atoms with Gasteiger partial charge in [-0.05, 0) is 51.5 Å². The summed E-state index contributed by atoms with van der Waals surface area (Å²) in [6.45, 7) is 6.06. The van der Waals surface area contributed by atoms with Crippen molar-refractivity contribution in [3.63, 3.8) is 0 Å². The number of rotatable bonds is 9. The predicted octanol–water partition coefficient (Wildman–Crippen LogP) is 3.84. The first-order valence-electron chi connectivity index (χ1n) is 9.15. The van der Waals surface area contributed by atoms with E-state index < -0.39 is 0 Å². The molecule has 148 valence electrons. The van der Waals surface area contributed by atoms with E-state index in [2.05, 4.69) is 54.1 Å². The van der Waals surface area contributed by atoms with Gasteiger partial charge in [-0.25, -0.2) is 0 Å². The summed E-state index contributed by atoms with van der Waals surface area (Å²) in [6, 6.07) is 10.3. The molecule has 0 amide bonds. The molecule has 0 fully saturated rings. The van der Waals surface area contributed by atoms with Crippen molar-refractivity contribution in [1.82, 2.24) is 10.2 Å². The molecule has 2 aromatic rings. The smallest absolute Gasteiger partial charge is 0.195 e. The maximum atomic E-state index is 5.58. The van der Waals surface area contributed by atoms with E-state index in [4.69, 9.17) is 14.5 Å². The molecule has 2 N–H and O–H groups in total. The summed E-state index contributed by atoms with van der Waals surface area (Å²) in [5.41, 5.74) is 0.896. The van der Waals surface area contributed by atoms with Gasteiger partial charge in [-0.1, -0.05) is 6.07 Å². The molecule has 0 saturated heterocycles. The second-order valence-corrected chi connectivity index (χ2v) is 7.12. The molecular formula is C20H30N4O2S. The molecule has 1 aromatic carbocycles. The van der Waals surface area contributed by atoms with Gasteiger partial charge in [0.25, 0.3) is 0 Å². The molecule has 0 aliphatic carbocycles. The zero-order valence-electron chi connectivity index (χ0n) is 16.8. The van der Waals surface area contributed by atoms with Crippen molar-refractivity contribution in [3.05, 3.63) is 40.6 Å². The highest BCUT2D eigenvalue weighted by Crippen LogP contribution is 2.30. The number of ether oxygens (including phenoxy) is 2. The van der Waals surface area contributed by atoms with Gasteiger partial charge in [0.05, 0.1) is 26.3 Å². The number of methoxy groups -OCH3 is 1. The molecule has 7 heteroatoms. The summed E-state index contributed by atoms with van der Waals surface area (Å²) in [7, 11) is 5.80. The Bertz CT molecular complexity index is 717. The topological polar surface area (TPSA) is 58.1 Å². The number of hydrogen-bond acceptors (Lipinski definition) is 5. The summed E-state index contributed by atoms with van der Waals surface area (Å²) >= 11 is 1.76. The number of nitrogens with one attached hydrogen (secondary N) is 2. The molecule has 2 rings (SSSR count). The highest BCUT2D eigenvalue weighted by Gasteiger charge is 2.15. The van der Waals surface area contributed by atoms with E-state index in [1.54, 1.807) is 18.4 Å². The summed E-state index contributed by atoms with van der Waals surface area (Å²) in [6.07, 6.45) is 0. The molecule has 1 atom stereocenters. The molecule has 0 saturated carbocycles. The number of hydrogen-bond donors (Lipinski definition) is 2. The van der Waals surface area contributed by atoms with Crippen LogP contribution in [-0.4, -0.2) is 51.8 Å². The molecule has 1 unspecified atom stereocenters. The lowest BCUT2D eigenvalue weighted by molar-refractivity contribution is 0.310. The minimum absolute atomic E-state index is 0.246. The second kappa shape index (κ2) is 10.8. The predicted molar refractivity (Wildman–Crippen MR) is 115 cm³/mol. The van der Waals surface area contributed by atoms with Crippen LogP contribution in [0.1, 0.15) is 24.8 Å². The van der Waals surface area contributed by atoms with E-state index >= 15 is 0 Å². The number of anilines is 1. The zero-order valence-corrected chi connectivity index (χ0v) is 17.6. The van der Waals surface area contributed by atoms with Gasteiger partial charge in [0.2, 0.25) is 0 Å². The summed E-state index contributed by atoms with van der Waals surface area (Å²) in [4.78, 5) is 8.29. The van der Waals surface area contributed by atoms with Crippen molar-refractivity contribution in [2.45, 2.75) is 19.9 Å². The second-order valence-electron chi connectivity index (χ2n) is 6.14. The minimum atomic E-state index is 0.246. The fourth-order valence-corrected chi connectivity index (χ4v) is 3.54. The zero-order chi connectivity index (χ0) is 19.6. The average Bonchev–Trinajstić information content (AvgIpc) is 3.17. The monoisotopic (exact) mass is 390 g/mol. The Hall–Kier alpha value is -2.25. The average molecular weight is 391 g/mol. The van der Waals surface area contributed by atoms with Crippen molar-refractivity contribution >= 4 is 23.0 Å². The molecule has 0 aliphatic rings.